The monoisotopic (exact) mass is 436 g/mol. The van der Waals surface area contributed by atoms with Crippen LogP contribution in [-0.4, -0.2) is 36.6 Å². The van der Waals surface area contributed by atoms with Gasteiger partial charge in [-0.1, -0.05) is 29.8 Å². The number of methoxy groups -OCH3 is 1. The molecule has 0 aliphatic heterocycles. The van der Waals surface area contributed by atoms with Gasteiger partial charge in [-0.05, 0) is 43.2 Å². The zero-order chi connectivity index (χ0) is 21.4. The van der Waals surface area contributed by atoms with E-state index < -0.39 is 0 Å². The number of nitrogens with zero attached hydrogens (tertiary/aromatic N) is 5. The van der Waals surface area contributed by atoms with Crippen LogP contribution in [0.2, 0.25) is 5.02 Å². The average Bonchev–Trinajstić information content (AvgIpc) is 3.44. The number of H-pyrrole nitrogens is 1. The van der Waals surface area contributed by atoms with Crippen LogP contribution >= 0.6 is 11.6 Å². The molecule has 0 saturated heterocycles. The van der Waals surface area contributed by atoms with Crippen LogP contribution in [0.3, 0.4) is 0 Å². The van der Waals surface area contributed by atoms with Crippen LogP contribution in [0.4, 0.5) is 0 Å². The lowest BCUT2D eigenvalue weighted by Gasteiger charge is -2.05. The molecule has 1 aliphatic carbocycles. The average molecular weight is 437 g/mol. The fourth-order valence-electron chi connectivity index (χ4n) is 3.63. The lowest BCUT2D eigenvalue weighted by molar-refractivity contribution is 0.410. The molecule has 9 heteroatoms. The standard InChI is InChI=1S/C22H21ClN6O2/c1-31-18-5-3-2-4-15(18)12-19-24-20(26-25-19)13-28-22(30)29(17-10-11-17)21(27-28)14-6-8-16(23)9-7-14/h2-9,17H,10-13H2,1H3,(H,24,25,26). The van der Waals surface area contributed by atoms with Gasteiger partial charge in [-0.3, -0.25) is 9.67 Å². The first-order valence-electron chi connectivity index (χ1n) is 10.1. The van der Waals surface area contributed by atoms with Crippen molar-refractivity contribution < 1.29 is 4.74 Å². The third-order valence-corrected chi connectivity index (χ3v) is 5.56. The highest BCUT2D eigenvalue weighted by atomic mass is 35.5. The predicted molar refractivity (Wildman–Crippen MR) is 116 cm³/mol. The summed E-state index contributed by atoms with van der Waals surface area (Å²) in [6.07, 6.45) is 2.50. The number of benzene rings is 2. The Bertz CT molecular complexity index is 1270. The minimum absolute atomic E-state index is 0.143. The van der Waals surface area contributed by atoms with Crippen molar-refractivity contribution in [2.24, 2.45) is 0 Å². The highest BCUT2D eigenvalue weighted by Crippen LogP contribution is 2.36. The Kier molecular flexibility index (Phi) is 5.07. The van der Waals surface area contributed by atoms with E-state index in [-0.39, 0.29) is 18.3 Å². The van der Waals surface area contributed by atoms with Crippen LogP contribution in [0.5, 0.6) is 5.75 Å². The van der Waals surface area contributed by atoms with E-state index in [2.05, 4.69) is 20.3 Å². The summed E-state index contributed by atoms with van der Waals surface area (Å²) in [5, 5.41) is 12.5. The number of ether oxygens (including phenoxy) is 1. The molecule has 1 saturated carbocycles. The van der Waals surface area contributed by atoms with Crippen molar-refractivity contribution in [3.63, 3.8) is 0 Å². The quantitative estimate of drug-likeness (QED) is 0.479. The van der Waals surface area contributed by atoms with E-state index in [0.717, 1.165) is 29.7 Å². The second-order valence-electron chi connectivity index (χ2n) is 7.56. The molecule has 0 unspecified atom stereocenters. The van der Waals surface area contributed by atoms with Gasteiger partial charge in [0.1, 0.15) is 18.1 Å². The van der Waals surface area contributed by atoms with E-state index in [0.29, 0.717) is 28.9 Å². The summed E-state index contributed by atoms with van der Waals surface area (Å²) < 4.78 is 8.61. The van der Waals surface area contributed by atoms with Crippen molar-refractivity contribution in [2.45, 2.75) is 31.8 Å². The maximum Gasteiger partial charge on any atom is 0.346 e. The van der Waals surface area contributed by atoms with E-state index in [1.54, 1.807) is 23.8 Å². The van der Waals surface area contributed by atoms with Gasteiger partial charge in [0.05, 0.1) is 7.11 Å². The first kappa shape index (κ1) is 19.6. The number of aromatic amines is 1. The normalized spacial score (nSPS) is 13.5. The number of halogens is 1. The van der Waals surface area contributed by atoms with Crippen molar-refractivity contribution in [2.75, 3.05) is 7.11 Å². The topological polar surface area (TPSA) is 90.6 Å². The van der Waals surface area contributed by atoms with Crippen molar-refractivity contribution in [1.29, 1.82) is 0 Å². The number of rotatable bonds is 7. The molecule has 158 valence electrons. The van der Waals surface area contributed by atoms with Gasteiger partial charge in [-0.2, -0.15) is 5.10 Å². The Labute approximate surface area is 183 Å². The van der Waals surface area contributed by atoms with Gasteiger partial charge in [-0.15, -0.1) is 5.10 Å². The minimum Gasteiger partial charge on any atom is -0.496 e. The zero-order valence-electron chi connectivity index (χ0n) is 17.0. The summed E-state index contributed by atoms with van der Waals surface area (Å²) in [6.45, 7) is 0.220. The van der Waals surface area contributed by atoms with Crippen molar-refractivity contribution in [3.8, 4) is 17.1 Å². The predicted octanol–water partition coefficient (Wildman–Crippen LogP) is 3.47. The molecule has 8 nitrogen and oxygen atoms in total. The Balaban J connectivity index is 1.41. The number of hydrogen-bond acceptors (Lipinski definition) is 5. The fraction of sp³-hybridized carbons (Fsp3) is 0.273. The van der Waals surface area contributed by atoms with E-state index >= 15 is 0 Å². The third-order valence-electron chi connectivity index (χ3n) is 5.30. The molecule has 2 aromatic heterocycles. The van der Waals surface area contributed by atoms with Gasteiger partial charge in [0.25, 0.3) is 0 Å². The zero-order valence-corrected chi connectivity index (χ0v) is 17.7. The highest BCUT2D eigenvalue weighted by molar-refractivity contribution is 6.30. The smallest absolute Gasteiger partial charge is 0.346 e. The first-order valence-corrected chi connectivity index (χ1v) is 10.5. The van der Waals surface area contributed by atoms with Crippen LogP contribution < -0.4 is 10.4 Å². The molecule has 2 aromatic carbocycles. The summed E-state index contributed by atoms with van der Waals surface area (Å²) in [7, 11) is 1.64. The largest absolute Gasteiger partial charge is 0.496 e. The second kappa shape index (κ2) is 8.03. The van der Waals surface area contributed by atoms with Gasteiger partial charge in [0, 0.05) is 28.6 Å². The van der Waals surface area contributed by atoms with E-state index in [1.807, 2.05) is 36.4 Å². The Morgan fingerprint density at radius 1 is 1.16 bits per heavy atom. The van der Waals surface area contributed by atoms with E-state index in [4.69, 9.17) is 16.3 Å². The molecule has 1 aliphatic rings. The van der Waals surface area contributed by atoms with Gasteiger partial charge in [0.15, 0.2) is 11.6 Å². The molecular formula is C22H21ClN6O2. The maximum absolute atomic E-state index is 13.1. The Morgan fingerprint density at radius 2 is 1.94 bits per heavy atom. The van der Waals surface area contributed by atoms with Crippen molar-refractivity contribution >= 4 is 11.6 Å². The molecule has 0 bridgehead atoms. The van der Waals surface area contributed by atoms with Crippen LogP contribution in [0.15, 0.2) is 53.3 Å². The SMILES string of the molecule is COc1ccccc1Cc1n[nH]c(Cn2nc(-c3ccc(Cl)cc3)n(C3CC3)c2=O)n1. The molecule has 1 fully saturated rings. The molecule has 5 rings (SSSR count). The number of para-hydroxylation sites is 1. The lowest BCUT2D eigenvalue weighted by atomic mass is 10.1. The molecule has 2 heterocycles. The van der Waals surface area contributed by atoms with Crippen LogP contribution in [-0.2, 0) is 13.0 Å². The summed E-state index contributed by atoms with van der Waals surface area (Å²) in [6, 6.07) is 15.3. The number of nitrogens with one attached hydrogen (secondary N) is 1. The molecular weight excluding hydrogens is 416 g/mol. The van der Waals surface area contributed by atoms with Gasteiger partial charge >= 0.3 is 5.69 Å². The number of aromatic nitrogens is 6. The molecule has 31 heavy (non-hydrogen) atoms. The summed E-state index contributed by atoms with van der Waals surface area (Å²) in [5.74, 6) is 2.65. The van der Waals surface area contributed by atoms with Crippen LogP contribution in [0.25, 0.3) is 11.4 Å². The fourth-order valence-corrected chi connectivity index (χ4v) is 3.75. The molecule has 4 aromatic rings. The van der Waals surface area contributed by atoms with Gasteiger partial charge in [0.2, 0.25) is 0 Å². The molecule has 1 N–H and O–H groups in total. The summed E-state index contributed by atoms with van der Waals surface area (Å²) in [5.41, 5.74) is 1.72. The van der Waals surface area contributed by atoms with Gasteiger partial charge < -0.3 is 4.74 Å². The minimum atomic E-state index is -0.143. The third kappa shape index (κ3) is 3.98. The van der Waals surface area contributed by atoms with Crippen molar-refractivity contribution in [3.05, 3.63) is 81.3 Å². The van der Waals surface area contributed by atoms with E-state index in [1.165, 1.54) is 4.68 Å². The first-order chi connectivity index (χ1) is 15.1. The number of hydrogen-bond donors (Lipinski definition) is 1. The van der Waals surface area contributed by atoms with Crippen LogP contribution in [0, 0.1) is 0 Å². The van der Waals surface area contributed by atoms with Crippen molar-refractivity contribution in [1.82, 2.24) is 29.5 Å². The van der Waals surface area contributed by atoms with Gasteiger partial charge in [-0.25, -0.2) is 14.5 Å². The molecule has 0 amide bonds. The second-order valence-corrected chi connectivity index (χ2v) is 8.00. The summed E-state index contributed by atoms with van der Waals surface area (Å²) in [4.78, 5) is 17.6. The molecule has 0 atom stereocenters. The maximum atomic E-state index is 13.1. The highest BCUT2D eigenvalue weighted by Gasteiger charge is 2.30. The van der Waals surface area contributed by atoms with E-state index in [9.17, 15) is 4.79 Å². The Hall–Kier alpha value is -3.39. The summed E-state index contributed by atoms with van der Waals surface area (Å²) >= 11 is 6.02. The molecule has 0 radical (unpaired) electrons. The Morgan fingerprint density at radius 3 is 2.68 bits per heavy atom. The lowest BCUT2D eigenvalue weighted by Crippen LogP contribution is -2.25. The van der Waals surface area contributed by atoms with Crippen LogP contribution in [0.1, 0.15) is 36.1 Å². The molecule has 0 spiro atoms.